The third-order valence-corrected chi connectivity index (χ3v) is 2.78. The van der Waals surface area contributed by atoms with Crippen LogP contribution in [0.1, 0.15) is 0 Å². The number of H-pyrrole nitrogens is 1. The van der Waals surface area contributed by atoms with E-state index in [4.69, 9.17) is 4.74 Å². The van der Waals surface area contributed by atoms with E-state index in [1.807, 2.05) is 22.6 Å². The topological polar surface area (TPSA) is 81.0 Å². The molecule has 0 bridgehead atoms. The fourth-order valence-electron chi connectivity index (χ4n) is 1.33. The molecule has 0 atom stereocenters. The van der Waals surface area contributed by atoms with E-state index in [-0.39, 0.29) is 5.69 Å². The predicted octanol–water partition coefficient (Wildman–Crippen LogP) is 2.08. The van der Waals surface area contributed by atoms with E-state index in [9.17, 15) is 10.1 Å². The molecule has 0 aliphatic heterocycles. The van der Waals surface area contributed by atoms with Gasteiger partial charge in [0.15, 0.2) is 0 Å². The normalized spacial score (nSPS) is 10.5. The zero-order chi connectivity index (χ0) is 11.0. The summed E-state index contributed by atoms with van der Waals surface area (Å²) in [6, 6.07) is 3.04. The first-order chi connectivity index (χ1) is 7.13. The van der Waals surface area contributed by atoms with Gasteiger partial charge in [-0.3, -0.25) is 15.2 Å². The molecular weight excluding hydrogens is 313 g/mol. The Kier molecular flexibility index (Phi) is 2.47. The fourth-order valence-corrected chi connectivity index (χ4v) is 2.00. The van der Waals surface area contributed by atoms with Crippen molar-refractivity contribution in [3.8, 4) is 5.75 Å². The lowest BCUT2D eigenvalue weighted by atomic mass is 10.2. The molecule has 1 heterocycles. The van der Waals surface area contributed by atoms with E-state index in [0.717, 1.165) is 0 Å². The maximum Gasteiger partial charge on any atom is 0.285 e. The van der Waals surface area contributed by atoms with Crippen molar-refractivity contribution < 1.29 is 9.66 Å². The lowest BCUT2D eigenvalue weighted by Crippen LogP contribution is -1.91. The molecule has 78 valence electrons. The Morgan fingerprint density at radius 2 is 2.33 bits per heavy atom. The van der Waals surface area contributed by atoms with Gasteiger partial charge in [0.05, 0.1) is 18.1 Å². The lowest BCUT2D eigenvalue weighted by Gasteiger charge is -1.99. The predicted molar refractivity (Wildman–Crippen MR) is 62.0 cm³/mol. The number of nitro benzene ring substituents is 1. The van der Waals surface area contributed by atoms with Crippen LogP contribution >= 0.6 is 22.6 Å². The molecule has 0 radical (unpaired) electrons. The number of nitrogens with zero attached hydrogens (tertiary/aromatic N) is 2. The molecule has 0 saturated carbocycles. The van der Waals surface area contributed by atoms with Crippen LogP contribution in [0.5, 0.6) is 5.75 Å². The van der Waals surface area contributed by atoms with Crippen molar-refractivity contribution in [1.82, 2.24) is 10.2 Å². The summed E-state index contributed by atoms with van der Waals surface area (Å²) in [5.41, 5.74) is 0.535. The van der Waals surface area contributed by atoms with Gasteiger partial charge in [0, 0.05) is 6.07 Å². The van der Waals surface area contributed by atoms with Crippen molar-refractivity contribution in [2.45, 2.75) is 0 Å². The van der Waals surface area contributed by atoms with Gasteiger partial charge in [-0.1, -0.05) is 0 Å². The van der Waals surface area contributed by atoms with E-state index < -0.39 is 4.92 Å². The van der Waals surface area contributed by atoms with Gasteiger partial charge in [0.1, 0.15) is 20.4 Å². The number of hydrogen-bond acceptors (Lipinski definition) is 4. The third-order valence-electron chi connectivity index (χ3n) is 2.00. The number of methoxy groups -OCH3 is 1. The molecule has 1 aromatic carbocycles. The summed E-state index contributed by atoms with van der Waals surface area (Å²) in [6.07, 6.45) is 0. The molecular formula is C8H6IN3O3. The molecule has 1 N–H and O–H groups in total. The standard InChI is InChI=1S/C8H6IN3O3/c1-15-4-2-5-7(8(9)11-10-5)6(3-4)12(13)14/h2-3H,1H3,(H,10,11). The smallest absolute Gasteiger partial charge is 0.285 e. The summed E-state index contributed by atoms with van der Waals surface area (Å²) < 4.78 is 5.61. The highest BCUT2D eigenvalue weighted by molar-refractivity contribution is 14.1. The van der Waals surface area contributed by atoms with Crippen molar-refractivity contribution in [2.75, 3.05) is 7.11 Å². The van der Waals surface area contributed by atoms with Gasteiger partial charge in [-0.25, -0.2) is 0 Å². The second-order valence-corrected chi connectivity index (χ2v) is 3.91. The van der Waals surface area contributed by atoms with Crippen LogP contribution in [0.3, 0.4) is 0 Å². The highest BCUT2D eigenvalue weighted by Gasteiger charge is 2.19. The van der Waals surface area contributed by atoms with Gasteiger partial charge in [0.25, 0.3) is 5.69 Å². The van der Waals surface area contributed by atoms with Gasteiger partial charge in [-0.05, 0) is 22.6 Å². The van der Waals surface area contributed by atoms with Crippen LogP contribution in [0.25, 0.3) is 10.9 Å². The Labute approximate surface area is 97.9 Å². The Hall–Kier alpha value is -1.38. The average Bonchev–Trinajstić information content (AvgIpc) is 2.59. The molecule has 0 unspecified atom stereocenters. The quantitative estimate of drug-likeness (QED) is 0.522. The molecule has 0 aliphatic rings. The van der Waals surface area contributed by atoms with Crippen molar-refractivity contribution in [3.63, 3.8) is 0 Å². The number of non-ortho nitro benzene ring substituents is 1. The number of fused-ring (bicyclic) bond motifs is 1. The summed E-state index contributed by atoms with van der Waals surface area (Å²) >= 11 is 1.97. The number of hydrogen-bond donors (Lipinski definition) is 1. The van der Waals surface area contributed by atoms with Crippen LogP contribution in [0.15, 0.2) is 12.1 Å². The number of benzene rings is 1. The molecule has 15 heavy (non-hydrogen) atoms. The highest BCUT2D eigenvalue weighted by atomic mass is 127. The zero-order valence-electron chi connectivity index (χ0n) is 7.65. The number of halogens is 1. The number of aromatic amines is 1. The largest absolute Gasteiger partial charge is 0.496 e. The number of nitro groups is 1. The summed E-state index contributed by atoms with van der Waals surface area (Å²) in [6.45, 7) is 0. The molecule has 0 saturated heterocycles. The second kappa shape index (κ2) is 3.65. The second-order valence-electron chi connectivity index (χ2n) is 2.84. The molecule has 1 aromatic heterocycles. The van der Waals surface area contributed by atoms with E-state index >= 15 is 0 Å². The summed E-state index contributed by atoms with van der Waals surface area (Å²) in [5, 5.41) is 18.0. The molecule has 0 aliphatic carbocycles. The number of ether oxygens (including phenoxy) is 1. The summed E-state index contributed by atoms with van der Waals surface area (Å²) in [4.78, 5) is 10.4. The van der Waals surface area contributed by atoms with Crippen molar-refractivity contribution in [3.05, 3.63) is 25.9 Å². The Balaban J connectivity index is 2.83. The fraction of sp³-hybridized carbons (Fsp3) is 0.125. The minimum Gasteiger partial charge on any atom is -0.496 e. The summed E-state index contributed by atoms with van der Waals surface area (Å²) in [5.74, 6) is 0.428. The first-order valence-corrected chi connectivity index (χ1v) is 5.07. The summed E-state index contributed by atoms with van der Waals surface area (Å²) in [7, 11) is 1.46. The average molecular weight is 319 g/mol. The molecule has 0 amide bonds. The van der Waals surface area contributed by atoms with Crippen LogP contribution in [-0.2, 0) is 0 Å². The number of rotatable bonds is 2. The first kappa shape index (κ1) is 10.1. The van der Waals surface area contributed by atoms with E-state index in [1.54, 1.807) is 6.07 Å². The van der Waals surface area contributed by atoms with Crippen LogP contribution in [0.2, 0.25) is 0 Å². The minimum atomic E-state index is -0.442. The van der Waals surface area contributed by atoms with Gasteiger partial charge < -0.3 is 4.74 Å². The van der Waals surface area contributed by atoms with E-state index in [0.29, 0.717) is 20.4 Å². The molecule has 2 aromatic rings. The van der Waals surface area contributed by atoms with Crippen LogP contribution in [-0.4, -0.2) is 22.2 Å². The highest BCUT2D eigenvalue weighted by Crippen LogP contribution is 2.32. The Morgan fingerprint density at radius 1 is 1.60 bits per heavy atom. The van der Waals surface area contributed by atoms with Crippen LogP contribution in [0.4, 0.5) is 5.69 Å². The third kappa shape index (κ3) is 1.62. The van der Waals surface area contributed by atoms with Crippen molar-refractivity contribution in [1.29, 1.82) is 0 Å². The number of aromatic nitrogens is 2. The van der Waals surface area contributed by atoms with E-state index in [1.165, 1.54) is 13.2 Å². The molecule has 0 spiro atoms. The minimum absolute atomic E-state index is 0.00231. The van der Waals surface area contributed by atoms with Crippen molar-refractivity contribution >= 4 is 39.2 Å². The Bertz CT molecular complexity index is 537. The maximum absolute atomic E-state index is 10.8. The van der Waals surface area contributed by atoms with Crippen LogP contribution in [0, 0.1) is 13.8 Å². The number of nitrogens with one attached hydrogen (secondary N) is 1. The van der Waals surface area contributed by atoms with Gasteiger partial charge in [0.2, 0.25) is 0 Å². The first-order valence-electron chi connectivity index (χ1n) is 3.99. The monoisotopic (exact) mass is 319 g/mol. The molecule has 7 heteroatoms. The van der Waals surface area contributed by atoms with Crippen LogP contribution < -0.4 is 4.74 Å². The van der Waals surface area contributed by atoms with Crippen molar-refractivity contribution in [2.24, 2.45) is 0 Å². The lowest BCUT2D eigenvalue weighted by molar-refractivity contribution is -0.383. The van der Waals surface area contributed by atoms with E-state index in [2.05, 4.69) is 10.2 Å². The molecule has 6 nitrogen and oxygen atoms in total. The van der Waals surface area contributed by atoms with Gasteiger partial charge >= 0.3 is 0 Å². The molecule has 0 fully saturated rings. The van der Waals surface area contributed by atoms with Gasteiger partial charge in [-0.2, -0.15) is 5.10 Å². The maximum atomic E-state index is 10.8. The Morgan fingerprint density at radius 3 is 2.93 bits per heavy atom. The zero-order valence-corrected chi connectivity index (χ0v) is 9.81. The molecule has 2 rings (SSSR count). The van der Waals surface area contributed by atoms with Gasteiger partial charge in [-0.15, -0.1) is 0 Å². The SMILES string of the molecule is COc1cc([N+](=O)[O-])c2c(I)[nH]nc2c1.